The number of carbonyl (C=O) groups is 1. The molecule has 0 bridgehead atoms. The summed E-state index contributed by atoms with van der Waals surface area (Å²) in [6.07, 6.45) is 1.46. The van der Waals surface area contributed by atoms with Crippen molar-refractivity contribution in [2.75, 3.05) is 10.6 Å². The van der Waals surface area contributed by atoms with E-state index in [0.29, 0.717) is 23.0 Å². The average molecular weight is 312 g/mol. The number of aryl methyl sites for hydroxylation is 1. The van der Waals surface area contributed by atoms with Crippen LogP contribution in [0.2, 0.25) is 0 Å². The summed E-state index contributed by atoms with van der Waals surface area (Å²) in [5, 5.41) is 9.16. The largest absolute Gasteiger partial charge is 0.360 e. The monoisotopic (exact) mass is 312 g/mol. The molecule has 7 heteroatoms. The van der Waals surface area contributed by atoms with Gasteiger partial charge >= 0.3 is 0 Å². The van der Waals surface area contributed by atoms with E-state index in [1.165, 1.54) is 18.3 Å². The van der Waals surface area contributed by atoms with Crippen LogP contribution in [0.25, 0.3) is 0 Å². The summed E-state index contributed by atoms with van der Waals surface area (Å²) >= 11 is 0. The zero-order valence-electron chi connectivity index (χ0n) is 12.2. The summed E-state index contributed by atoms with van der Waals surface area (Å²) in [6.45, 7) is 1.72. The highest BCUT2D eigenvalue weighted by atomic mass is 19.1. The van der Waals surface area contributed by atoms with E-state index in [2.05, 4.69) is 20.8 Å². The van der Waals surface area contributed by atoms with E-state index in [1.54, 1.807) is 37.3 Å². The van der Waals surface area contributed by atoms with Crippen LogP contribution in [0.3, 0.4) is 0 Å². The summed E-state index contributed by atoms with van der Waals surface area (Å²) < 4.78 is 18.5. The van der Waals surface area contributed by atoms with Crippen molar-refractivity contribution in [3.8, 4) is 0 Å². The molecule has 6 nitrogen and oxygen atoms in total. The molecule has 0 saturated heterocycles. The van der Waals surface area contributed by atoms with Crippen LogP contribution in [0.15, 0.2) is 53.2 Å². The second-order valence-electron chi connectivity index (χ2n) is 4.81. The number of hydrogen-bond donors (Lipinski definition) is 2. The van der Waals surface area contributed by atoms with Crippen molar-refractivity contribution >= 4 is 23.1 Å². The van der Waals surface area contributed by atoms with E-state index in [0.717, 1.165) is 0 Å². The predicted octanol–water partition coefficient (Wildman–Crippen LogP) is 3.51. The minimum atomic E-state index is -0.435. The normalized spacial score (nSPS) is 10.3. The highest BCUT2D eigenvalue weighted by Gasteiger charge is 2.11. The number of amides is 1. The third kappa shape index (κ3) is 3.52. The number of hydrogen-bond acceptors (Lipinski definition) is 5. The average Bonchev–Trinajstić information content (AvgIpc) is 2.95. The van der Waals surface area contributed by atoms with Crippen LogP contribution in [0.4, 0.5) is 21.6 Å². The molecular weight excluding hydrogens is 299 g/mol. The summed E-state index contributed by atoms with van der Waals surface area (Å²) in [4.78, 5) is 16.1. The van der Waals surface area contributed by atoms with Crippen LogP contribution in [-0.4, -0.2) is 16.0 Å². The Kier molecular flexibility index (Phi) is 4.01. The topological polar surface area (TPSA) is 80.0 Å². The number of carbonyl (C=O) groups excluding carboxylic acids is 1. The van der Waals surface area contributed by atoms with E-state index >= 15 is 0 Å². The molecule has 0 aliphatic heterocycles. The van der Waals surface area contributed by atoms with Gasteiger partial charge in [-0.2, -0.15) is 0 Å². The van der Waals surface area contributed by atoms with E-state index in [9.17, 15) is 9.18 Å². The standard InChI is InChI=1S/C16H13FN4O2/c1-10-8-15(21-23-10)20-16(22)14-9-11(6-7-18-14)19-13-5-3-2-4-12(13)17/h2-9H,1H3,(H,18,19)(H,20,21,22). The van der Waals surface area contributed by atoms with Crippen LogP contribution in [0.1, 0.15) is 16.2 Å². The fourth-order valence-corrected chi connectivity index (χ4v) is 1.96. The number of pyridine rings is 1. The Morgan fingerprint density at radius 2 is 2.04 bits per heavy atom. The first-order valence-corrected chi connectivity index (χ1v) is 6.84. The molecule has 0 saturated carbocycles. The number of para-hydroxylation sites is 1. The zero-order chi connectivity index (χ0) is 16.2. The molecule has 0 spiro atoms. The van der Waals surface area contributed by atoms with Gasteiger partial charge in [0.25, 0.3) is 5.91 Å². The van der Waals surface area contributed by atoms with Gasteiger partial charge in [0.1, 0.15) is 17.3 Å². The number of nitrogens with zero attached hydrogens (tertiary/aromatic N) is 2. The fourth-order valence-electron chi connectivity index (χ4n) is 1.96. The molecular formula is C16H13FN4O2. The molecule has 0 aliphatic rings. The SMILES string of the molecule is Cc1cc(NC(=O)c2cc(Nc3ccccc3F)ccn2)no1. The maximum Gasteiger partial charge on any atom is 0.275 e. The maximum absolute atomic E-state index is 13.6. The maximum atomic E-state index is 13.6. The summed E-state index contributed by atoms with van der Waals surface area (Å²) in [7, 11) is 0. The smallest absolute Gasteiger partial charge is 0.275 e. The molecule has 1 amide bonds. The molecule has 0 fully saturated rings. The van der Waals surface area contributed by atoms with Gasteiger partial charge in [0.15, 0.2) is 5.82 Å². The second-order valence-corrected chi connectivity index (χ2v) is 4.81. The molecule has 1 aromatic carbocycles. The third-order valence-electron chi connectivity index (χ3n) is 3.02. The van der Waals surface area contributed by atoms with E-state index in [1.807, 2.05) is 0 Å². The van der Waals surface area contributed by atoms with Gasteiger partial charge in [-0.1, -0.05) is 17.3 Å². The number of anilines is 3. The number of aromatic nitrogens is 2. The molecule has 0 atom stereocenters. The lowest BCUT2D eigenvalue weighted by Gasteiger charge is -2.08. The van der Waals surface area contributed by atoms with Gasteiger partial charge in [-0.05, 0) is 31.2 Å². The first-order chi connectivity index (χ1) is 11.1. The molecule has 2 heterocycles. The molecule has 2 aromatic heterocycles. The van der Waals surface area contributed by atoms with Crippen LogP contribution >= 0.6 is 0 Å². The van der Waals surface area contributed by atoms with Gasteiger partial charge in [-0.25, -0.2) is 4.39 Å². The summed E-state index contributed by atoms with van der Waals surface area (Å²) in [5.74, 6) is 0.0777. The molecule has 0 unspecified atom stereocenters. The first kappa shape index (κ1) is 14.7. The van der Waals surface area contributed by atoms with Gasteiger partial charge in [-0.3, -0.25) is 9.78 Å². The number of halogens is 1. The molecule has 3 aromatic rings. The van der Waals surface area contributed by atoms with Crippen LogP contribution < -0.4 is 10.6 Å². The Hall–Kier alpha value is -3.22. The Balaban J connectivity index is 1.77. The van der Waals surface area contributed by atoms with E-state index in [-0.39, 0.29) is 11.5 Å². The second kappa shape index (κ2) is 6.27. The molecule has 116 valence electrons. The summed E-state index contributed by atoms with van der Waals surface area (Å²) in [5.41, 5.74) is 1.04. The molecule has 2 N–H and O–H groups in total. The van der Waals surface area contributed by atoms with E-state index < -0.39 is 5.91 Å². The minimum absolute atomic E-state index is 0.173. The number of rotatable bonds is 4. The molecule has 0 aliphatic carbocycles. The Labute approximate surface area is 131 Å². The lowest BCUT2D eigenvalue weighted by Crippen LogP contribution is -2.14. The lowest BCUT2D eigenvalue weighted by atomic mass is 10.2. The van der Waals surface area contributed by atoms with Crippen molar-refractivity contribution in [1.29, 1.82) is 0 Å². The third-order valence-corrected chi connectivity index (χ3v) is 3.02. The van der Waals surface area contributed by atoms with Crippen molar-refractivity contribution in [3.63, 3.8) is 0 Å². The van der Waals surface area contributed by atoms with Crippen LogP contribution in [0, 0.1) is 12.7 Å². The Morgan fingerprint density at radius 3 is 2.78 bits per heavy atom. The number of benzene rings is 1. The minimum Gasteiger partial charge on any atom is -0.360 e. The van der Waals surface area contributed by atoms with Crippen LogP contribution in [-0.2, 0) is 0 Å². The Morgan fingerprint density at radius 1 is 1.22 bits per heavy atom. The first-order valence-electron chi connectivity index (χ1n) is 6.84. The summed E-state index contributed by atoms with van der Waals surface area (Å²) in [6, 6.07) is 11.0. The van der Waals surface area contributed by atoms with Gasteiger partial charge in [0, 0.05) is 18.0 Å². The van der Waals surface area contributed by atoms with Gasteiger partial charge in [0.05, 0.1) is 5.69 Å². The van der Waals surface area contributed by atoms with Crippen molar-refractivity contribution < 1.29 is 13.7 Å². The molecule has 3 rings (SSSR count). The predicted molar refractivity (Wildman–Crippen MR) is 83.1 cm³/mol. The zero-order valence-corrected chi connectivity index (χ0v) is 12.2. The number of nitrogens with one attached hydrogen (secondary N) is 2. The van der Waals surface area contributed by atoms with Gasteiger partial charge in [0.2, 0.25) is 0 Å². The van der Waals surface area contributed by atoms with Crippen molar-refractivity contribution in [1.82, 2.24) is 10.1 Å². The highest BCUT2D eigenvalue weighted by molar-refractivity contribution is 6.02. The quantitative estimate of drug-likeness (QED) is 0.770. The van der Waals surface area contributed by atoms with Crippen molar-refractivity contribution in [2.24, 2.45) is 0 Å². The lowest BCUT2D eigenvalue weighted by molar-refractivity contribution is 0.102. The molecule has 0 radical (unpaired) electrons. The van der Waals surface area contributed by atoms with Gasteiger partial charge < -0.3 is 15.2 Å². The van der Waals surface area contributed by atoms with Crippen LogP contribution in [0.5, 0.6) is 0 Å². The molecule has 23 heavy (non-hydrogen) atoms. The van der Waals surface area contributed by atoms with Gasteiger partial charge in [-0.15, -0.1) is 0 Å². The van der Waals surface area contributed by atoms with E-state index in [4.69, 9.17) is 4.52 Å². The van der Waals surface area contributed by atoms with Crippen molar-refractivity contribution in [3.05, 3.63) is 65.9 Å². The fraction of sp³-hybridized carbons (Fsp3) is 0.0625. The Bertz CT molecular complexity index is 847. The highest BCUT2D eigenvalue weighted by Crippen LogP contribution is 2.20. The van der Waals surface area contributed by atoms with Crippen molar-refractivity contribution in [2.45, 2.75) is 6.92 Å².